The number of rotatable bonds is 57. The molecular weight excluding hydrogens is 841 g/mol. The van der Waals surface area contributed by atoms with Crippen LogP contribution in [0.15, 0.2) is 12.2 Å². The Morgan fingerprint density at radius 1 is 0.279 bits per heavy atom. The summed E-state index contributed by atoms with van der Waals surface area (Å²) in [6.07, 6.45) is 66.4. The Morgan fingerprint density at radius 2 is 0.485 bits per heavy atom. The van der Waals surface area contributed by atoms with Crippen molar-refractivity contribution in [1.29, 1.82) is 0 Å². The number of ether oxygens (including phenoxy) is 3. The minimum absolute atomic E-state index is 0.0672. The topological polar surface area (TPSA) is 78.9 Å². The van der Waals surface area contributed by atoms with E-state index in [1.807, 2.05) is 0 Å². The minimum Gasteiger partial charge on any atom is -0.462 e. The number of unbranched alkanes of at least 4 members (excludes halogenated alkanes) is 44. The lowest BCUT2D eigenvalue weighted by Gasteiger charge is -2.18. The van der Waals surface area contributed by atoms with Crippen molar-refractivity contribution in [3.63, 3.8) is 0 Å². The van der Waals surface area contributed by atoms with E-state index in [0.717, 1.165) is 64.2 Å². The summed E-state index contributed by atoms with van der Waals surface area (Å²) in [5, 5.41) is 0. The second kappa shape index (κ2) is 57.7. The quantitative estimate of drug-likeness (QED) is 0.0262. The average molecular weight is 960 g/mol. The molecule has 0 saturated carbocycles. The van der Waals surface area contributed by atoms with Crippen molar-refractivity contribution in [3.8, 4) is 0 Å². The average Bonchev–Trinajstić information content (AvgIpc) is 3.34. The summed E-state index contributed by atoms with van der Waals surface area (Å²) in [6, 6.07) is 0. The van der Waals surface area contributed by atoms with Crippen LogP contribution in [0.5, 0.6) is 0 Å². The molecule has 0 fully saturated rings. The summed E-state index contributed by atoms with van der Waals surface area (Å²) >= 11 is 0. The molecule has 0 bridgehead atoms. The molecule has 0 aliphatic heterocycles. The monoisotopic (exact) mass is 959 g/mol. The Bertz CT molecular complexity index is 1060. The summed E-state index contributed by atoms with van der Waals surface area (Å²) in [5.74, 6) is -0.849. The van der Waals surface area contributed by atoms with Gasteiger partial charge in [-0.05, 0) is 44.9 Å². The van der Waals surface area contributed by atoms with Crippen LogP contribution in [0.25, 0.3) is 0 Å². The maximum absolute atomic E-state index is 12.8. The van der Waals surface area contributed by atoms with Gasteiger partial charge < -0.3 is 14.2 Å². The molecule has 0 rings (SSSR count). The molecule has 0 amide bonds. The highest BCUT2D eigenvalue weighted by Gasteiger charge is 2.19. The van der Waals surface area contributed by atoms with Crippen LogP contribution in [-0.4, -0.2) is 37.2 Å². The molecule has 1 atom stereocenters. The minimum atomic E-state index is -0.769. The van der Waals surface area contributed by atoms with Crippen LogP contribution >= 0.6 is 0 Å². The first kappa shape index (κ1) is 66.2. The van der Waals surface area contributed by atoms with Crippen molar-refractivity contribution in [1.82, 2.24) is 0 Å². The van der Waals surface area contributed by atoms with E-state index in [9.17, 15) is 14.4 Å². The summed E-state index contributed by atoms with van der Waals surface area (Å²) in [4.78, 5) is 38.2. The lowest BCUT2D eigenvalue weighted by molar-refractivity contribution is -0.167. The van der Waals surface area contributed by atoms with E-state index < -0.39 is 6.10 Å². The third-order valence-electron chi connectivity index (χ3n) is 14.0. The van der Waals surface area contributed by atoms with Crippen molar-refractivity contribution >= 4 is 17.9 Å². The molecule has 1 unspecified atom stereocenters. The molecule has 0 N–H and O–H groups in total. The number of carbonyl (C=O) groups is 3. The van der Waals surface area contributed by atoms with E-state index in [1.54, 1.807) is 0 Å². The third-order valence-corrected chi connectivity index (χ3v) is 14.0. The Balaban J connectivity index is 4.24. The van der Waals surface area contributed by atoms with Crippen LogP contribution in [0.3, 0.4) is 0 Å². The van der Waals surface area contributed by atoms with Gasteiger partial charge in [-0.1, -0.05) is 296 Å². The summed E-state index contributed by atoms with van der Waals surface area (Å²) in [7, 11) is 0. The summed E-state index contributed by atoms with van der Waals surface area (Å²) in [5.41, 5.74) is 0. The molecule has 402 valence electrons. The molecule has 0 radical (unpaired) electrons. The standard InChI is InChI=1S/C62H118O6/c1-4-7-10-13-16-19-22-25-28-29-30-31-32-33-34-35-38-40-43-46-49-52-55-61(64)67-58-59(68-62(65)56-53-50-47-44-41-37-27-24-21-18-15-12-9-6-3)57-66-60(63)54-51-48-45-42-39-36-26-23-20-17-14-11-8-5-2/h24,27,59H,4-23,25-26,28-58H2,1-3H3/b27-24-. The van der Waals surface area contributed by atoms with Gasteiger partial charge in [-0.15, -0.1) is 0 Å². The van der Waals surface area contributed by atoms with E-state index in [4.69, 9.17) is 14.2 Å². The van der Waals surface area contributed by atoms with Crippen molar-refractivity contribution in [2.24, 2.45) is 0 Å². The van der Waals surface area contributed by atoms with Crippen molar-refractivity contribution in [2.45, 2.75) is 354 Å². The second-order valence-corrected chi connectivity index (χ2v) is 21.0. The Morgan fingerprint density at radius 3 is 0.735 bits per heavy atom. The summed E-state index contributed by atoms with van der Waals surface area (Å²) < 4.78 is 16.9. The van der Waals surface area contributed by atoms with Crippen LogP contribution in [0, 0.1) is 0 Å². The number of allylic oxidation sites excluding steroid dienone is 2. The predicted molar refractivity (Wildman–Crippen MR) is 293 cm³/mol. The maximum Gasteiger partial charge on any atom is 0.306 e. The second-order valence-electron chi connectivity index (χ2n) is 21.0. The van der Waals surface area contributed by atoms with Crippen LogP contribution in [-0.2, 0) is 28.6 Å². The van der Waals surface area contributed by atoms with E-state index in [2.05, 4.69) is 32.9 Å². The first-order chi connectivity index (χ1) is 33.5. The van der Waals surface area contributed by atoms with Gasteiger partial charge in [-0.3, -0.25) is 14.4 Å². The van der Waals surface area contributed by atoms with Gasteiger partial charge in [0.1, 0.15) is 13.2 Å². The fourth-order valence-corrected chi connectivity index (χ4v) is 9.38. The third kappa shape index (κ3) is 55.1. The molecule has 6 nitrogen and oxygen atoms in total. The molecule has 6 heteroatoms. The number of esters is 3. The zero-order valence-electron chi connectivity index (χ0n) is 46.2. The first-order valence-corrected chi connectivity index (χ1v) is 30.7. The molecule has 68 heavy (non-hydrogen) atoms. The normalized spacial score (nSPS) is 12.0. The van der Waals surface area contributed by atoms with Crippen molar-refractivity contribution < 1.29 is 28.6 Å². The Labute approximate surface area is 424 Å². The predicted octanol–water partition coefficient (Wildman–Crippen LogP) is 20.5. The van der Waals surface area contributed by atoms with E-state index in [0.29, 0.717) is 19.3 Å². The highest BCUT2D eigenvalue weighted by Crippen LogP contribution is 2.18. The van der Waals surface area contributed by atoms with E-state index in [1.165, 1.54) is 244 Å². The van der Waals surface area contributed by atoms with Crippen LogP contribution in [0.2, 0.25) is 0 Å². The van der Waals surface area contributed by atoms with Gasteiger partial charge >= 0.3 is 17.9 Å². The van der Waals surface area contributed by atoms with Gasteiger partial charge in [-0.2, -0.15) is 0 Å². The lowest BCUT2D eigenvalue weighted by atomic mass is 10.0. The van der Waals surface area contributed by atoms with Crippen LogP contribution in [0.1, 0.15) is 348 Å². The summed E-state index contributed by atoms with van der Waals surface area (Å²) in [6.45, 7) is 6.69. The smallest absolute Gasteiger partial charge is 0.306 e. The molecule has 0 heterocycles. The lowest BCUT2D eigenvalue weighted by Crippen LogP contribution is -2.30. The fourth-order valence-electron chi connectivity index (χ4n) is 9.38. The van der Waals surface area contributed by atoms with E-state index >= 15 is 0 Å². The zero-order chi connectivity index (χ0) is 49.3. The highest BCUT2D eigenvalue weighted by atomic mass is 16.6. The molecule has 0 saturated heterocycles. The molecule has 0 aromatic rings. The molecular formula is C62H118O6. The number of hydrogen-bond acceptors (Lipinski definition) is 6. The molecule has 0 aromatic carbocycles. The molecule has 0 spiro atoms. The van der Waals surface area contributed by atoms with Gasteiger partial charge in [0.05, 0.1) is 0 Å². The van der Waals surface area contributed by atoms with Crippen molar-refractivity contribution in [3.05, 3.63) is 12.2 Å². The number of carbonyl (C=O) groups excluding carboxylic acids is 3. The molecule has 0 aliphatic carbocycles. The molecule has 0 aliphatic rings. The van der Waals surface area contributed by atoms with Gasteiger partial charge in [0.25, 0.3) is 0 Å². The Hall–Kier alpha value is -1.85. The van der Waals surface area contributed by atoms with Crippen molar-refractivity contribution in [2.75, 3.05) is 13.2 Å². The van der Waals surface area contributed by atoms with Crippen LogP contribution < -0.4 is 0 Å². The van der Waals surface area contributed by atoms with E-state index in [-0.39, 0.29) is 31.1 Å². The SMILES string of the molecule is CCCCCCC/C=C\CCCCCCCC(=O)OC(COC(=O)CCCCCCCCCCCCCCCC)COC(=O)CCCCCCCCCCCCCCCCCCCCCCCC. The fraction of sp³-hybridized carbons (Fsp3) is 0.919. The van der Waals surface area contributed by atoms with Gasteiger partial charge in [-0.25, -0.2) is 0 Å². The number of hydrogen-bond donors (Lipinski definition) is 0. The van der Waals surface area contributed by atoms with Gasteiger partial charge in [0.15, 0.2) is 6.10 Å². The molecule has 0 aromatic heterocycles. The maximum atomic E-state index is 12.8. The first-order valence-electron chi connectivity index (χ1n) is 30.7. The largest absolute Gasteiger partial charge is 0.462 e. The van der Waals surface area contributed by atoms with Crippen LogP contribution in [0.4, 0.5) is 0 Å². The zero-order valence-corrected chi connectivity index (χ0v) is 46.2. The van der Waals surface area contributed by atoms with Gasteiger partial charge in [0, 0.05) is 19.3 Å². The Kier molecular flexibility index (Phi) is 56.2. The van der Waals surface area contributed by atoms with Gasteiger partial charge in [0.2, 0.25) is 0 Å². The highest BCUT2D eigenvalue weighted by molar-refractivity contribution is 5.71.